The molecule has 0 atom stereocenters. The van der Waals surface area contributed by atoms with E-state index >= 15 is 0 Å². The highest BCUT2D eigenvalue weighted by Gasteiger charge is 2.08. The molecule has 19 heavy (non-hydrogen) atoms. The third-order valence-electron chi connectivity index (χ3n) is 3.02. The number of aromatic nitrogens is 2. The zero-order chi connectivity index (χ0) is 13.2. The van der Waals surface area contributed by atoms with E-state index in [1.165, 1.54) is 0 Å². The Labute approximate surface area is 111 Å². The highest BCUT2D eigenvalue weighted by molar-refractivity contribution is 5.61. The Kier molecular flexibility index (Phi) is 2.93. The van der Waals surface area contributed by atoms with E-state index in [1.807, 2.05) is 43.3 Å². The smallest absolute Gasteiger partial charge is 0.152 e. The van der Waals surface area contributed by atoms with Gasteiger partial charge >= 0.3 is 0 Å². The number of benzene rings is 1. The van der Waals surface area contributed by atoms with Crippen molar-refractivity contribution in [1.29, 1.82) is 0 Å². The van der Waals surface area contributed by atoms with E-state index in [-0.39, 0.29) is 0 Å². The summed E-state index contributed by atoms with van der Waals surface area (Å²) < 4.78 is 5.57. The van der Waals surface area contributed by atoms with Crippen molar-refractivity contribution in [3.8, 4) is 22.8 Å². The predicted octanol–water partition coefficient (Wildman–Crippen LogP) is 3.10. The van der Waals surface area contributed by atoms with Crippen LogP contribution in [0.2, 0.25) is 0 Å². The molecule has 0 amide bonds. The number of H-pyrrole nitrogens is 1. The van der Waals surface area contributed by atoms with E-state index in [4.69, 9.17) is 10.2 Å². The molecule has 2 aromatic heterocycles. The number of imidazole rings is 1. The van der Waals surface area contributed by atoms with Gasteiger partial charge in [0.25, 0.3) is 0 Å². The molecule has 0 aliphatic carbocycles. The summed E-state index contributed by atoms with van der Waals surface area (Å²) in [5.41, 5.74) is 8.64. The second-order valence-electron chi connectivity index (χ2n) is 4.46. The molecule has 96 valence electrons. The number of hydrogen-bond acceptors (Lipinski definition) is 3. The van der Waals surface area contributed by atoms with Crippen LogP contribution in [-0.2, 0) is 6.54 Å². The molecule has 3 aromatic rings. The SMILES string of the molecule is Cc1ccc(-c2cnc(-c3cccc(CN)c3)[nH]2)o1. The van der Waals surface area contributed by atoms with Gasteiger partial charge in [-0.25, -0.2) is 4.98 Å². The zero-order valence-electron chi connectivity index (χ0n) is 10.7. The van der Waals surface area contributed by atoms with Crippen molar-refractivity contribution in [3.05, 3.63) is 53.9 Å². The molecule has 0 aliphatic heterocycles. The van der Waals surface area contributed by atoms with Gasteiger partial charge in [0.1, 0.15) is 17.3 Å². The maximum Gasteiger partial charge on any atom is 0.152 e. The van der Waals surface area contributed by atoms with E-state index < -0.39 is 0 Å². The number of nitrogens with zero attached hydrogens (tertiary/aromatic N) is 1. The summed E-state index contributed by atoms with van der Waals surface area (Å²) in [7, 11) is 0. The molecule has 0 unspecified atom stereocenters. The van der Waals surface area contributed by atoms with Crippen LogP contribution in [-0.4, -0.2) is 9.97 Å². The summed E-state index contributed by atoms with van der Waals surface area (Å²) in [6.45, 7) is 2.45. The maximum atomic E-state index is 5.65. The Morgan fingerprint density at radius 1 is 1.26 bits per heavy atom. The van der Waals surface area contributed by atoms with Crippen molar-refractivity contribution in [3.63, 3.8) is 0 Å². The maximum absolute atomic E-state index is 5.65. The second kappa shape index (κ2) is 4.74. The number of nitrogens with two attached hydrogens (primary N) is 1. The molecule has 4 nitrogen and oxygen atoms in total. The number of nitrogens with one attached hydrogen (secondary N) is 1. The summed E-state index contributed by atoms with van der Waals surface area (Å²) in [5.74, 6) is 2.50. The Hall–Kier alpha value is -2.33. The van der Waals surface area contributed by atoms with Crippen LogP contribution in [0.3, 0.4) is 0 Å². The van der Waals surface area contributed by atoms with Crippen LogP contribution in [0.1, 0.15) is 11.3 Å². The highest BCUT2D eigenvalue weighted by atomic mass is 16.3. The molecule has 2 heterocycles. The third kappa shape index (κ3) is 2.30. The first-order valence-corrected chi connectivity index (χ1v) is 6.17. The van der Waals surface area contributed by atoms with Gasteiger partial charge in [-0.2, -0.15) is 0 Å². The van der Waals surface area contributed by atoms with Gasteiger partial charge in [-0.3, -0.25) is 0 Å². The predicted molar refractivity (Wildman–Crippen MR) is 74.4 cm³/mol. The molecule has 3 N–H and O–H groups in total. The lowest BCUT2D eigenvalue weighted by atomic mass is 10.1. The summed E-state index contributed by atoms with van der Waals surface area (Å²) in [6, 6.07) is 11.9. The topological polar surface area (TPSA) is 67.8 Å². The Bertz CT molecular complexity index is 697. The van der Waals surface area contributed by atoms with Crippen LogP contribution in [0.5, 0.6) is 0 Å². The first-order chi connectivity index (χ1) is 9.26. The fourth-order valence-electron chi connectivity index (χ4n) is 2.02. The minimum atomic E-state index is 0.527. The monoisotopic (exact) mass is 253 g/mol. The number of rotatable bonds is 3. The molecule has 1 aromatic carbocycles. The fraction of sp³-hybridized carbons (Fsp3) is 0.133. The van der Waals surface area contributed by atoms with E-state index in [0.717, 1.165) is 34.2 Å². The van der Waals surface area contributed by atoms with Gasteiger partial charge in [-0.1, -0.05) is 18.2 Å². The van der Waals surface area contributed by atoms with Crippen molar-refractivity contribution < 1.29 is 4.42 Å². The Morgan fingerprint density at radius 2 is 2.16 bits per heavy atom. The number of hydrogen-bond donors (Lipinski definition) is 2. The Balaban J connectivity index is 1.96. The summed E-state index contributed by atoms with van der Waals surface area (Å²) in [6.07, 6.45) is 1.78. The highest BCUT2D eigenvalue weighted by Crippen LogP contribution is 2.24. The van der Waals surface area contributed by atoms with Gasteiger partial charge in [-0.15, -0.1) is 0 Å². The second-order valence-corrected chi connectivity index (χ2v) is 4.46. The quantitative estimate of drug-likeness (QED) is 0.753. The molecule has 4 heteroatoms. The normalized spacial score (nSPS) is 10.8. The first kappa shape index (κ1) is 11.7. The first-order valence-electron chi connectivity index (χ1n) is 6.17. The largest absolute Gasteiger partial charge is 0.460 e. The average molecular weight is 253 g/mol. The lowest BCUT2D eigenvalue weighted by Crippen LogP contribution is -1.96. The molecular formula is C15H15N3O. The van der Waals surface area contributed by atoms with Gasteiger partial charge in [0.2, 0.25) is 0 Å². The molecule has 0 fully saturated rings. The Morgan fingerprint density at radius 3 is 2.89 bits per heavy atom. The van der Waals surface area contributed by atoms with Crippen LogP contribution in [0, 0.1) is 6.92 Å². The van der Waals surface area contributed by atoms with E-state index in [0.29, 0.717) is 6.54 Å². The molecule has 0 radical (unpaired) electrons. The van der Waals surface area contributed by atoms with Gasteiger partial charge in [0.15, 0.2) is 5.76 Å². The van der Waals surface area contributed by atoms with Gasteiger partial charge in [0, 0.05) is 12.1 Å². The minimum Gasteiger partial charge on any atom is -0.460 e. The summed E-state index contributed by atoms with van der Waals surface area (Å²) in [5, 5.41) is 0. The van der Waals surface area contributed by atoms with Crippen LogP contribution >= 0.6 is 0 Å². The van der Waals surface area contributed by atoms with Crippen molar-refractivity contribution >= 4 is 0 Å². The summed E-state index contributed by atoms with van der Waals surface area (Å²) in [4.78, 5) is 7.66. The van der Waals surface area contributed by atoms with E-state index in [9.17, 15) is 0 Å². The van der Waals surface area contributed by atoms with E-state index in [1.54, 1.807) is 6.20 Å². The molecule has 0 saturated carbocycles. The van der Waals surface area contributed by atoms with Crippen LogP contribution in [0.15, 0.2) is 47.0 Å². The number of furan rings is 1. The molecule has 0 aliphatic rings. The lowest BCUT2D eigenvalue weighted by Gasteiger charge is -2.00. The molecule has 3 rings (SSSR count). The van der Waals surface area contributed by atoms with E-state index in [2.05, 4.69) is 9.97 Å². The fourth-order valence-corrected chi connectivity index (χ4v) is 2.02. The molecule has 0 spiro atoms. The minimum absolute atomic E-state index is 0.527. The number of aromatic amines is 1. The van der Waals surface area contributed by atoms with Gasteiger partial charge in [0.05, 0.1) is 6.20 Å². The molecule has 0 bridgehead atoms. The average Bonchev–Trinajstić information content (AvgIpc) is 3.07. The van der Waals surface area contributed by atoms with Gasteiger partial charge in [-0.05, 0) is 30.7 Å². The van der Waals surface area contributed by atoms with Crippen LogP contribution < -0.4 is 5.73 Å². The molecular weight excluding hydrogens is 238 g/mol. The zero-order valence-corrected chi connectivity index (χ0v) is 10.7. The summed E-state index contributed by atoms with van der Waals surface area (Å²) >= 11 is 0. The van der Waals surface area contributed by atoms with Gasteiger partial charge < -0.3 is 15.1 Å². The van der Waals surface area contributed by atoms with Crippen molar-refractivity contribution in [2.24, 2.45) is 5.73 Å². The molecule has 0 saturated heterocycles. The van der Waals surface area contributed by atoms with Crippen molar-refractivity contribution in [2.75, 3.05) is 0 Å². The number of aryl methyl sites for hydroxylation is 1. The van der Waals surface area contributed by atoms with Crippen LogP contribution in [0.25, 0.3) is 22.8 Å². The third-order valence-corrected chi connectivity index (χ3v) is 3.02. The van der Waals surface area contributed by atoms with Crippen LogP contribution in [0.4, 0.5) is 0 Å². The van der Waals surface area contributed by atoms with Crippen molar-refractivity contribution in [1.82, 2.24) is 9.97 Å². The lowest BCUT2D eigenvalue weighted by molar-refractivity contribution is 0.547. The standard InChI is InChI=1S/C15H15N3O/c1-10-5-6-14(19-10)13-9-17-15(18-13)12-4-2-3-11(7-12)8-16/h2-7,9H,8,16H2,1H3,(H,17,18). The van der Waals surface area contributed by atoms with Crippen molar-refractivity contribution in [2.45, 2.75) is 13.5 Å².